The SMILES string of the molecule is [N-]=[N+]=[N][Sb]([c]1ccccc1)([c]1ccccc1)([c]1ccccc1)[c]1ccccc1. The Kier molecular flexibility index (Phi) is 4.96. The molecule has 0 aromatic heterocycles. The van der Waals surface area contributed by atoms with Crippen LogP contribution in [0.2, 0.25) is 0 Å². The number of hydrogen-bond donors (Lipinski definition) is 0. The van der Waals surface area contributed by atoms with Crippen LogP contribution in [-0.4, -0.2) is 17.7 Å². The molecule has 0 fully saturated rings. The van der Waals surface area contributed by atoms with Gasteiger partial charge < -0.3 is 0 Å². The summed E-state index contributed by atoms with van der Waals surface area (Å²) in [4.78, 5) is 3.50. The Morgan fingerprint density at radius 1 is 0.464 bits per heavy atom. The van der Waals surface area contributed by atoms with Gasteiger partial charge in [0.1, 0.15) is 0 Å². The molecule has 0 spiro atoms. The monoisotopic (exact) mass is 471 g/mol. The van der Waals surface area contributed by atoms with Gasteiger partial charge in [0, 0.05) is 0 Å². The summed E-state index contributed by atoms with van der Waals surface area (Å²) in [5, 5.41) is 0. The second kappa shape index (κ2) is 7.56. The molecule has 0 radical (unpaired) electrons. The van der Waals surface area contributed by atoms with Gasteiger partial charge in [-0.1, -0.05) is 0 Å². The third kappa shape index (κ3) is 2.56. The van der Waals surface area contributed by atoms with Crippen LogP contribution in [-0.2, 0) is 0 Å². The van der Waals surface area contributed by atoms with Gasteiger partial charge in [-0.3, -0.25) is 0 Å². The van der Waals surface area contributed by atoms with Gasteiger partial charge in [-0.2, -0.15) is 0 Å². The Morgan fingerprint density at radius 2 is 0.714 bits per heavy atom. The van der Waals surface area contributed by atoms with Crippen molar-refractivity contribution in [2.45, 2.75) is 0 Å². The second-order valence-electron chi connectivity index (χ2n) is 6.59. The van der Waals surface area contributed by atoms with Gasteiger partial charge in [0.25, 0.3) is 0 Å². The van der Waals surface area contributed by atoms with E-state index in [1.54, 1.807) is 0 Å². The van der Waals surface area contributed by atoms with Gasteiger partial charge in [-0.15, -0.1) is 0 Å². The van der Waals surface area contributed by atoms with Crippen molar-refractivity contribution >= 4 is 31.7 Å². The van der Waals surface area contributed by atoms with Crippen molar-refractivity contribution in [1.29, 1.82) is 0 Å². The molecule has 0 saturated carbocycles. The quantitative estimate of drug-likeness (QED) is 0.184. The fourth-order valence-corrected chi connectivity index (χ4v) is 19.4. The van der Waals surface area contributed by atoms with Crippen LogP contribution in [0.25, 0.3) is 10.4 Å². The first kappa shape index (κ1) is 18.4. The van der Waals surface area contributed by atoms with E-state index < -0.39 is 17.7 Å². The van der Waals surface area contributed by atoms with E-state index in [2.05, 4.69) is 53.4 Å². The van der Waals surface area contributed by atoms with Crippen molar-refractivity contribution in [2.75, 3.05) is 0 Å². The van der Waals surface area contributed by atoms with E-state index in [1.165, 1.54) is 0 Å². The van der Waals surface area contributed by atoms with Gasteiger partial charge in [-0.25, -0.2) is 0 Å². The fourth-order valence-electron chi connectivity index (χ4n) is 4.05. The number of azide groups is 1. The minimum atomic E-state index is -4.79. The number of nitrogens with zero attached hydrogens (tertiary/aromatic N) is 3. The first-order chi connectivity index (χ1) is 13.8. The molecular formula is C24H20N3Sb. The molecule has 0 N–H and O–H groups in total. The molecule has 4 aromatic carbocycles. The Bertz CT molecular complexity index is 938. The number of benzene rings is 4. The molecule has 0 aliphatic carbocycles. The Labute approximate surface area is 166 Å². The Balaban J connectivity index is 2.34. The maximum absolute atomic E-state index is 9.92. The van der Waals surface area contributed by atoms with Crippen LogP contribution in [0.15, 0.2) is 125 Å². The molecule has 0 aliphatic rings. The average Bonchev–Trinajstić information content (AvgIpc) is 2.80. The van der Waals surface area contributed by atoms with Crippen molar-refractivity contribution in [3.63, 3.8) is 0 Å². The van der Waals surface area contributed by atoms with Gasteiger partial charge in [0.15, 0.2) is 0 Å². The maximum atomic E-state index is 9.92. The Hall–Kier alpha value is -2.99. The molecular weight excluding hydrogens is 452 g/mol. The minimum absolute atomic E-state index is 1.09. The second-order valence-corrected chi connectivity index (χ2v) is 19.1. The van der Waals surface area contributed by atoms with Crippen LogP contribution in [0.5, 0.6) is 0 Å². The molecule has 28 heavy (non-hydrogen) atoms. The average molecular weight is 472 g/mol. The van der Waals surface area contributed by atoms with Crippen molar-refractivity contribution < 1.29 is 0 Å². The third-order valence-electron chi connectivity index (χ3n) is 5.25. The molecule has 136 valence electrons. The third-order valence-corrected chi connectivity index (χ3v) is 21.4. The zero-order chi connectivity index (χ0) is 19.3. The molecule has 0 aliphatic heterocycles. The van der Waals surface area contributed by atoms with E-state index >= 15 is 0 Å². The first-order valence-electron chi connectivity index (χ1n) is 9.14. The molecule has 0 atom stereocenters. The molecule has 4 aromatic rings. The van der Waals surface area contributed by atoms with Gasteiger partial charge in [0.2, 0.25) is 0 Å². The predicted octanol–water partition coefficient (Wildman–Crippen LogP) is 3.83. The zero-order valence-electron chi connectivity index (χ0n) is 15.3. The topological polar surface area (TPSA) is 48.8 Å². The molecule has 0 bridgehead atoms. The number of rotatable bonds is 5. The van der Waals surface area contributed by atoms with E-state index in [0.717, 1.165) is 14.0 Å². The van der Waals surface area contributed by atoms with E-state index in [9.17, 15) is 5.53 Å². The van der Waals surface area contributed by atoms with E-state index in [-0.39, 0.29) is 0 Å². The van der Waals surface area contributed by atoms with E-state index in [4.69, 9.17) is 3.27 Å². The molecule has 0 saturated heterocycles. The van der Waals surface area contributed by atoms with Crippen molar-refractivity contribution in [1.82, 2.24) is 0 Å². The number of hydrogen-bond acceptors (Lipinski definition) is 1. The van der Waals surface area contributed by atoms with Gasteiger partial charge in [0.05, 0.1) is 0 Å². The summed E-state index contributed by atoms with van der Waals surface area (Å²) < 4.78 is 9.23. The standard InChI is InChI=1S/4C6H5.N3.Sb/c4*1-2-4-6-5-3-1;1-3-2;/h4*1-5H;;/q;;;;-1;+1. The fraction of sp³-hybridized carbons (Fsp3) is 0. The summed E-state index contributed by atoms with van der Waals surface area (Å²) in [7, 11) is 0. The van der Waals surface area contributed by atoms with Crippen LogP contribution < -0.4 is 14.0 Å². The van der Waals surface area contributed by atoms with Crippen LogP contribution in [0.1, 0.15) is 0 Å². The summed E-state index contributed by atoms with van der Waals surface area (Å²) in [5.74, 6) is 0. The molecule has 4 rings (SSSR count). The van der Waals surface area contributed by atoms with Crippen molar-refractivity contribution in [2.24, 2.45) is 3.27 Å². The van der Waals surface area contributed by atoms with E-state index in [0.29, 0.717) is 0 Å². The first-order valence-corrected chi connectivity index (χ1v) is 15.4. The summed E-state index contributed by atoms with van der Waals surface area (Å²) in [6.07, 6.45) is 0. The van der Waals surface area contributed by atoms with Crippen molar-refractivity contribution in [3.8, 4) is 0 Å². The van der Waals surface area contributed by atoms with Gasteiger partial charge >= 0.3 is 167 Å². The van der Waals surface area contributed by atoms with Crippen LogP contribution in [0, 0.1) is 0 Å². The molecule has 4 heteroatoms. The van der Waals surface area contributed by atoms with Crippen LogP contribution >= 0.6 is 0 Å². The Morgan fingerprint density at radius 3 is 0.929 bits per heavy atom. The molecule has 0 amide bonds. The molecule has 0 unspecified atom stereocenters. The predicted molar refractivity (Wildman–Crippen MR) is 119 cm³/mol. The van der Waals surface area contributed by atoms with E-state index in [1.807, 2.05) is 72.8 Å². The van der Waals surface area contributed by atoms with Crippen LogP contribution in [0.4, 0.5) is 0 Å². The summed E-state index contributed by atoms with van der Waals surface area (Å²) in [6, 6.07) is 41.2. The van der Waals surface area contributed by atoms with Crippen LogP contribution in [0.3, 0.4) is 0 Å². The molecule has 3 nitrogen and oxygen atoms in total. The normalized spacial score (nSPS) is 12.4. The zero-order valence-corrected chi connectivity index (χ0v) is 17.9. The molecule has 0 heterocycles. The van der Waals surface area contributed by atoms with Crippen molar-refractivity contribution in [3.05, 3.63) is 132 Å². The summed E-state index contributed by atoms with van der Waals surface area (Å²) in [6.45, 7) is 0. The summed E-state index contributed by atoms with van der Waals surface area (Å²) >= 11 is -4.79. The van der Waals surface area contributed by atoms with Gasteiger partial charge in [-0.05, 0) is 0 Å². The summed E-state index contributed by atoms with van der Waals surface area (Å²) in [5.41, 5.74) is 9.92.